The van der Waals surface area contributed by atoms with E-state index < -0.39 is 5.82 Å². The van der Waals surface area contributed by atoms with E-state index in [-0.39, 0.29) is 11.2 Å². The van der Waals surface area contributed by atoms with Gasteiger partial charge in [0.05, 0.1) is 11.4 Å². The van der Waals surface area contributed by atoms with Gasteiger partial charge in [-0.2, -0.15) is 0 Å². The molecule has 0 atom stereocenters. The monoisotopic (exact) mass is 218 g/mol. The Morgan fingerprint density at radius 1 is 1.25 bits per heavy atom. The first-order valence-corrected chi connectivity index (χ1v) is 4.81. The number of nitrogens with zero attached hydrogens (tertiary/aromatic N) is 1. The van der Waals surface area contributed by atoms with Crippen LogP contribution in [0.15, 0.2) is 41.2 Å². The maximum absolute atomic E-state index is 13.3. The molecule has 1 aromatic heterocycles. The molecule has 16 heavy (non-hydrogen) atoms. The van der Waals surface area contributed by atoms with Gasteiger partial charge in [0.2, 0.25) is 0 Å². The predicted molar refractivity (Wildman–Crippen MR) is 61.5 cm³/mol. The number of rotatable bonds is 1. The van der Waals surface area contributed by atoms with Gasteiger partial charge >= 0.3 is 0 Å². The molecule has 82 valence electrons. The van der Waals surface area contributed by atoms with E-state index in [4.69, 9.17) is 5.73 Å². The molecule has 4 heteroatoms. The summed E-state index contributed by atoms with van der Waals surface area (Å²) in [4.78, 5) is 11.4. The lowest BCUT2D eigenvalue weighted by Crippen LogP contribution is -2.16. The molecule has 0 spiro atoms. The van der Waals surface area contributed by atoms with Crippen molar-refractivity contribution in [3.05, 3.63) is 52.6 Å². The van der Waals surface area contributed by atoms with Crippen molar-refractivity contribution in [2.24, 2.45) is 7.05 Å². The van der Waals surface area contributed by atoms with Crippen molar-refractivity contribution in [3.8, 4) is 11.3 Å². The van der Waals surface area contributed by atoms with Gasteiger partial charge in [-0.05, 0) is 18.2 Å². The zero-order valence-electron chi connectivity index (χ0n) is 8.77. The summed E-state index contributed by atoms with van der Waals surface area (Å²) in [5.74, 6) is -0.478. The number of nitrogens with two attached hydrogens (primary N) is 1. The minimum absolute atomic E-state index is 0.102. The number of aromatic nitrogens is 1. The van der Waals surface area contributed by atoms with Crippen LogP contribution in [0.1, 0.15) is 0 Å². The smallest absolute Gasteiger partial charge is 0.250 e. The Bertz CT molecular complexity index is 590. The fourth-order valence-electron chi connectivity index (χ4n) is 1.54. The van der Waals surface area contributed by atoms with Crippen LogP contribution in [0.3, 0.4) is 0 Å². The topological polar surface area (TPSA) is 48.0 Å². The van der Waals surface area contributed by atoms with Crippen molar-refractivity contribution in [1.82, 2.24) is 4.57 Å². The molecule has 0 unspecified atom stereocenters. The summed E-state index contributed by atoms with van der Waals surface area (Å²) in [6.07, 6.45) is 0. The highest BCUT2D eigenvalue weighted by atomic mass is 19.1. The van der Waals surface area contributed by atoms with Crippen LogP contribution < -0.4 is 11.3 Å². The first kappa shape index (κ1) is 10.4. The van der Waals surface area contributed by atoms with Gasteiger partial charge in [-0.25, -0.2) is 4.39 Å². The van der Waals surface area contributed by atoms with Gasteiger partial charge in [0.25, 0.3) is 5.56 Å². The predicted octanol–water partition coefficient (Wildman–Crippen LogP) is 1.77. The summed E-state index contributed by atoms with van der Waals surface area (Å²) < 4.78 is 14.7. The van der Waals surface area contributed by atoms with E-state index in [1.165, 1.54) is 22.8 Å². The first-order chi connectivity index (χ1) is 7.59. The van der Waals surface area contributed by atoms with E-state index in [0.717, 1.165) is 0 Å². The Labute approximate surface area is 92.0 Å². The van der Waals surface area contributed by atoms with Gasteiger partial charge in [0.15, 0.2) is 0 Å². The van der Waals surface area contributed by atoms with Gasteiger partial charge in [-0.3, -0.25) is 4.79 Å². The second-order valence-corrected chi connectivity index (χ2v) is 3.54. The maximum atomic E-state index is 13.3. The molecule has 1 aromatic carbocycles. The normalized spacial score (nSPS) is 10.4. The van der Waals surface area contributed by atoms with Gasteiger partial charge in [-0.15, -0.1) is 0 Å². The number of anilines is 1. The summed E-state index contributed by atoms with van der Waals surface area (Å²) in [5.41, 5.74) is 6.65. The SMILES string of the molecule is Cn1c(-c2ccc(N)c(F)c2)cccc1=O. The van der Waals surface area contributed by atoms with Crippen LogP contribution >= 0.6 is 0 Å². The molecule has 2 N–H and O–H groups in total. The summed E-state index contributed by atoms with van der Waals surface area (Å²) in [7, 11) is 1.64. The molecule has 0 aliphatic heterocycles. The maximum Gasteiger partial charge on any atom is 0.250 e. The summed E-state index contributed by atoms with van der Waals surface area (Å²) >= 11 is 0. The second-order valence-electron chi connectivity index (χ2n) is 3.54. The highest BCUT2D eigenvalue weighted by Gasteiger charge is 2.05. The Morgan fingerprint density at radius 2 is 2.00 bits per heavy atom. The molecule has 0 fully saturated rings. The molecule has 0 amide bonds. The van der Waals surface area contributed by atoms with Crippen molar-refractivity contribution >= 4 is 5.69 Å². The lowest BCUT2D eigenvalue weighted by molar-refractivity contribution is 0.632. The van der Waals surface area contributed by atoms with Crippen LogP contribution in [0.4, 0.5) is 10.1 Å². The third-order valence-corrected chi connectivity index (χ3v) is 2.48. The molecule has 0 saturated carbocycles. The van der Waals surface area contributed by atoms with Gasteiger partial charge < -0.3 is 10.3 Å². The van der Waals surface area contributed by atoms with Crippen LogP contribution in [0, 0.1) is 5.82 Å². The summed E-state index contributed by atoms with van der Waals surface area (Å²) in [6, 6.07) is 9.36. The van der Waals surface area contributed by atoms with E-state index in [1.807, 2.05) is 0 Å². The van der Waals surface area contributed by atoms with E-state index in [1.54, 1.807) is 25.2 Å². The molecule has 3 nitrogen and oxygen atoms in total. The number of nitrogen functional groups attached to an aromatic ring is 1. The van der Waals surface area contributed by atoms with E-state index in [2.05, 4.69) is 0 Å². The molecular weight excluding hydrogens is 207 g/mol. The van der Waals surface area contributed by atoms with Crippen LogP contribution in [0.2, 0.25) is 0 Å². The molecule has 2 aromatic rings. The highest BCUT2D eigenvalue weighted by Crippen LogP contribution is 2.21. The van der Waals surface area contributed by atoms with Crippen molar-refractivity contribution in [1.29, 1.82) is 0 Å². The van der Waals surface area contributed by atoms with Crippen molar-refractivity contribution in [3.63, 3.8) is 0 Å². The van der Waals surface area contributed by atoms with Gasteiger partial charge in [-0.1, -0.05) is 12.1 Å². The van der Waals surface area contributed by atoms with Crippen molar-refractivity contribution in [2.45, 2.75) is 0 Å². The average Bonchev–Trinajstić information content (AvgIpc) is 2.26. The minimum Gasteiger partial charge on any atom is -0.396 e. The zero-order chi connectivity index (χ0) is 11.7. The molecule has 2 rings (SSSR count). The Kier molecular flexibility index (Phi) is 2.48. The molecule has 0 aliphatic carbocycles. The second kappa shape index (κ2) is 3.81. The Balaban J connectivity index is 2.63. The number of halogens is 1. The molecule has 0 radical (unpaired) electrons. The van der Waals surface area contributed by atoms with Crippen LogP contribution in [0.25, 0.3) is 11.3 Å². The van der Waals surface area contributed by atoms with Crippen LogP contribution in [0.5, 0.6) is 0 Å². The van der Waals surface area contributed by atoms with Crippen molar-refractivity contribution < 1.29 is 4.39 Å². The summed E-state index contributed by atoms with van der Waals surface area (Å²) in [6.45, 7) is 0. The Morgan fingerprint density at radius 3 is 2.69 bits per heavy atom. The number of hydrogen-bond donors (Lipinski definition) is 1. The van der Waals surface area contributed by atoms with Crippen molar-refractivity contribution in [2.75, 3.05) is 5.73 Å². The number of benzene rings is 1. The molecular formula is C12H11FN2O. The lowest BCUT2D eigenvalue weighted by atomic mass is 10.1. The molecule has 0 aliphatic rings. The fraction of sp³-hybridized carbons (Fsp3) is 0.0833. The van der Waals surface area contributed by atoms with E-state index in [0.29, 0.717) is 11.3 Å². The fourth-order valence-corrected chi connectivity index (χ4v) is 1.54. The van der Waals surface area contributed by atoms with E-state index in [9.17, 15) is 9.18 Å². The first-order valence-electron chi connectivity index (χ1n) is 4.81. The molecule has 0 saturated heterocycles. The lowest BCUT2D eigenvalue weighted by Gasteiger charge is -2.08. The Hall–Kier alpha value is -2.10. The zero-order valence-corrected chi connectivity index (χ0v) is 8.77. The summed E-state index contributed by atoms with van der Waals surface area (Å²) in [5, 5.41) is 0. The van der Waals surface area contributed by atoms with Crippen LogP contribution in [-0.2, 0) is 7.05 Å². The number of hydrogen-bond acceptors (Lipinski definition) is 2. The van der Waals surface area contributed by atoms with Gasteiger partial charge in [0, 0.05) is 18.7 Å². The van der Waals surface area contributed by atoms with Gasteiger partial charge in [0.1, 0.15) is 5.82 Å². The quantitative estimate of drug-likeness (QED) is 0.741. The number of pyridine rings is 1. The highest BCUT2D eigenvalue weighted by molar-refractivity contribution is 5.62. The van der Waals surface area contributed by atoms with E-state index >= 15 is 0 Å². The standard InChI is InChI=1S/C12H11FN2O/c1-15-11(3-2-4-12(15)16)8-5-6-10(14)9(13)7-8/h2-7H,14H2,1H3. The average molecular weight is 218 g/mol. The van der Waals surface area contributed by atoms with Crippen LogP contribution in [-0.4, -0.2) is 4.57 Å². The molecule has 1 heterocycles. The molecule has 0 bridgehead atoms. The largest absolute Gasteiger partial charge is 0.396 e. The third kappa shape index (κ3) is 1.69. The minimum atomic E-state index is -0.478. The third-order valence-electron chi connectivity index (χ3n) is 2.48.